The van der Waals surface area contributed by atoms with Crippen LogP contribution in [0.3, 0.4) is 0 Å². The maximum absolute atomic E-state index is 13.4. The van der Waals surface area contributed by atoms with Crippen molar-refractivity contribution in [1.29, 1.82) is 0 Å². The Morgan fingerprint density at radius 2 is 1.81 bits per heavy atom. The number of methoxy groups -OCH3 is 1. The number of carbonyl (C=O) groups is 2. The van der Waals surface area contributed by atoms with Crippen molar-refractivity contribution in [1.82, 2.24) is 4.90 Å². The van der Waals surface area contributed by atoms with Crippen LogP contribution in [0, 0.1) is 0 Å². The second-order valence-electron chi connectivity index (χ2n) is 7.20. The second kappa shape index (κ2) is 7.28. The third kappa shape index (κ3) is 3.02. The quantitative estimate of drug-likeness (QED) is 0.470. The van der Waals surface area contributed by atoms with E-state index < -0.39 is 17.9 Å². The second-order valence-corrected chi connectivity index (χ2v) is 7.20. The van der Waals surface area contributed by atoms with Gasteiger partial charge in [0.05, 0.1) is 42.5 Å². The van der Waals surface area contributed by atoms with Crippen LogP contribution >= 0.6 is 0 Å². The lowest BCUT2D eigenvalue weighted by Crippen LogP contribution is -2.29. The number of benzene rings is 2. The first kappa shape index (κ1) is 18.9. The van der Waals surface area contributed by atoms with Crippen LogP contribution in [-0.4, -0.2) is 23.9 Å². The van der Waals surface area contributed by atoms with Crippen LogP contribution in [0.25, 0.3) is 11.0 Å². The molecule has 7 heteroatoms. The summed E-state index contributed by atoms with van der Waals surface area (Å²) in [4.78, 5) is 40.0. The molecule has 154 valence electrons. The summed E-state index contributed by atoms with van der Waals surface area (Å²) in [6, 6.07) is 16.3. The van der Waals surface area contributed by atoms with Crippen LogP contribution in [-0.2, 0) is 11.3 Å². The first-order chi connectivity index (χ1) is 15.1. The van der Waals surface area contributed by atoms with Gasteiger partial charge in [0.25, 0.3) is 5.91 Å². The van der Waals surface area contributed by atoms with Gasteiger partial charge in [-0.2, -0.15) is 0 Å². The standard InChI is InChI=1S/C24H17NO6/c1-29-24(28)15-10-8-14(9-11-15)20-19-21(26)17-6-2-3-7-18(17)31-22(19)23(27)25(20)13-16-5-4-12-30-16/h2-12,20H,13H2,1H3/t20-/m1/s1. The molecule has 0 fully saturated rings. The van der Waals surface area contributed by atoms with E-state index in [-0.39, 0.29) is 23.3 Å². The number of esters is 1. The Kier molecular flexibility index (Phi) is 4.43. The Hall–Kier alpha value is -4.13. The van der Waals surface area contributed by atoms with Gasteiger partial charge in [0, 0.05) is 0 Å². The highest BCUT2D eigenvalue weighted by Crippen LogP contribution is 2.39. The van der Waals surface area contributed by atoms with Gasteiger partial charge in [0.1, 0.15) is 11.3 Å². The minimum atomic E-state index is -0.680. The normalized spacial score (nSPS) is 15.3. The Labute approximate surface area is 176 Å². The van der Waals surface area contributed by atoms with Gasteiger partial charge in [0.15, 0.2) is 5.43 Å². The highest BCUT2D eigenvalue weighted by molar-refractivity contribution is 5.99. The average molecular weight is 415 g/mol. The van der Waals surface area contributed by atoms with E-state index in [1.165, 1.54) is 13.4 Å². The SMILES string of the molecule is COC(=O)c1ccc([C@@H]2c3c(oc4ccccc4c3=O)C(=O)N2Cc2ccco2)cc1. The fraction of sp³-hybridized carbons (Fsp3) is 0.125. The topological polar surface area (TPSA) is 90.0 Å². The molecule has 0 N–H and O–H groups in total. The van der Waals surface area contributed by atoms with E-state index in [0.717, 1.165) is 0 Å². The predicted octanol–water partition coefficient (Wildman–Crippen LogP) is 3.92. The van der Waals surface area contributed by atoms with E-state index in [2.05, 4.69) is 0 Å². The fourth-order valence-electron chi connectivity index (χ4n) is 3.97. The monoisotopic (exact) mass is 415 g/mol. The van der Waals surface area contributed by atoms with E-state index in [1.807, 2.05) is 0 Å². The molecular weight excluding hydrogens is 398 g/mol. The van der Waals surface area contributed by atoms with Crippen molar-refractivity contribution >= 4 is 22.8 Å². The third-order valence-electron chi connectivity index (χ3n) is 5.43. The molecule has 0 aliphatic carbocycles. The van der Waals surface area contributed by atoms with E-state index in [0.29, 0.717) is 27.9 Å². The van der Waals surface area contributed by atoms with Crippen molar-refractivity contribution in [3.05, 3.63) is 105 Å². The Morgan fingerprint density at radius 3 is 2.52 bits per heavy atom. The van der Waals surface area contributed by atoms with Gasteiger partial charge in [-0.15, -0.1) is 0 Å². The molecule has 2 aromatic carbocycles. The van der Waals surface area contributed by atoms with Crippen LogP contribution in [0.15, 0.2) is 80.6 Å². The molecule has 2 aromatic heterocycles. The molecule has 0 spiro atoms. The molecule has 5 rings (SSSR count). The first-order valence-corrected chi connectivity index (χ1v) is 9.66. The summed E-state index contributed by atoms with van der Waals surface area (Å²) in [5.74, 6) is -0.254. The summed E-state index contributed by atoms with van der Waals surface area (Å²) in [5.41, 5.74) is 1.43. The van der Waals surface area contributed by atoms with E-state index in [9.17, 15) is 14.4 Å². The summed E-state index contributed by atoms with van der Waals surface area (Å²) in [6.45, 7) is 0.162. The van der Waals surface area contributed by atoms with Crippen LogP contribution in [0.4, 0.5) is 0 Å². The van der Waals surface area contributed by atoms with Gasteiger partial charge in [-0.1, -0.05) is 24.3 Å². The van der Waals surface area contributed by atoms with Crippen molar-refractivity contribution in [2.75, 3.05) is 7.11 Å². The molecule has 31 heavy (non-hydrogen) atoms. The van der Waals surface area contributed by atoms with Gasteiger partial charge in [-0.25, -0.2) is 4.79 Å². The van der Waals surface area contributed by atoms with Gasteiger partial charge in [0.2, 0.25) is 5.76 Å². The minimum Gasteiger partial charge on any atom is -0.467 e. The molecule has 7 nitrogen and oxygen atoms in total. The van der Waals surface area contributed by atoms with Crippen LogP contribution < -0.4 is 5.43 Å². The molecule has 1 aliphatic rings. The first-order valence-electron chi connectivity index (χ1n) is 9.66. The number of para-hydroxylation sites is 1. The van der Waals surface area contributed by atoms with Crippen molar-refractivity contribution < 1.29 is 23.2 Å². The smallest absolute Gasteiger partial charge is 0.337 e. The number of rotatable bonds is 4. The van der Waals surface area contributed by atoms with Crippen molar-refractivity contribution in [2.45, 2.75) is 12.6 Å². The number of nitrogens with zero attached hydrogens (tertiary/aromatic N) is 1. The van der Waals surface area contributed by atoms with Crippen LogP contribution in [0.2, 0.25) is 0 Å². The zero-order chi connectivity index (χ0) is 21.5. The lowest BCUT2D eigenvalue weighted by molar-refractivity contribution is 0.0599. The molecule has 4 aromatic rings. The van der Waals surface area contributed by atoms with Crippen LogP contribution in [0.5, 0.6) is 0 Å². The predicted molar refractivity (Wildman–Crippen MR) is 111 cm³/mol. The number of fused-ring (bicyclic) bond motifs is 2. The number of hydrogen-bond acceptors (Lipinski definition) is 6. The highest BCUT2D eigenvalue weighted by Gasteiger charge is 2.43. The van der Waals surface area contributed by atoms with Crippen LogP contribution in [0.1, 0.15) is 43.8 Å². The molecule has 0 bridgehead atoms. The molecule has 0 saturated heterocycles. The van der Waals surface area contributed by atoms with Crippen molar-refractivity contribution in [2.24, 2.45) is 0 Å². The zero-order valence-electron chi connectivity index (χ0n) is 16.5. The van der Waals surface area contributed by atoms with E-state index in [1.54, 1.807) is 65.6 Å². The van der Waals surface area contributed by atoms with Gasteiger partial charge in [-0.3, -0.25) is 9.59 Å². The van der Waals surface area contributed by atoms with Crippen molar-refractivity contribution in [3.8, 4) is 0 Å². The zero-order valence-corrected chi connectivity index (χ0v) is 16.5. The molecule has 1 aliphatic heterocycles. The van der Waals surface area contributed by atoms with Gasteiger partial charge >= 0.3 is 5.97 Å². The van der Waals surface area contributed by atoms with E-state index in [4.69, 9.17) is 13.6 Å². The summed E-state index contributed by atoms with van der Waals surface area (Å²) < 4.78 is 16.1. The molecule has 0 unspecified atom stereocenters. The summed E-state index contributed by atoms with van der Waals surface area (Å²) in [5, 5.41) is 0.407. The molecule has 1 atom stereocenters. The summed E-state index contributed by atoms with van der Waals surface area (Å²) >= 11 is 0. The molecule has 3 heterocycles. The molecule has 0 saturated carbocycles. The number of furan rings is 1. The molecule has 0 radical (unpaired) electrons. The maximum atomic E-state index is 13.4. The van der Waals surface area contributed by atoms with Gasteiger partial charge < -0.3 is 18.5 Å². The number of ether oxygens (including phenoxy) is 1. The number of hydrogen-bond donors (Lipinski definition) is 0. The highest BCUT2D eigenvalue weighted by atomic mass is 16.5. The molecule has 1 amide bonds. The van der Waals surface area contributed by atoms with Crippen molar-refractivity contribution in [3.63, 3.8) is 0 Å². The van der Waals surface area contributed by atoms with Gasteiger partial charge in [-0.05, 0) is 42.0 Å². The average Bonchev–Trinajstić information content (AvgIpc) is 3.41. The Bertz CT molecular complexity index is 1350. The summed E-state index contributed by atoms with van der Waals surface area (Å²) in [6.07, 6.45) is 1.53. The summed E-state index contributed by atoms with van der Waals surface area (Å²) in [7, 11) is 1.31. The molecular formula is C24H17NO6. The minimum absolute atomic E-state index is 0.0253. The Morgan fingerprint density at radius 1 is 1.03 bits per heavy atom. The van der Waals surface area contributed by atoms with E-state index >= 15 is 0 Å². The Balaban J connectivity index is 1.69. The fourth-order valence-corrected chi connectivity index (χ4v) is 3.97. The lowest BCUT2D eigenvalue weighted by Gasteiger charge is -2.24. The largest absolute Gasteiger partial charge is 0.467 e. The lowest BCUT2D eigenvalue weighted by atomic mass is 9.97. The number of amides is 1. The number of carbonyl (C=O) groups excluding carboxylic acids is 2. The third-order valence-corrected chi connectivity index (χ3v) is 5.43. The maximum Gasteiger partial charge on any atom is 0.337 e.